The zero-order valence-corrected chi connectivity index (χ0v) is 15.0. The third-order valence-electron chi connectivity index (χ3n) is 4.69. The Balaban J connectivity index is 1.75. The van der Waals surface area contributed by atoms with E-state index < -0.39 is 0 Å². The fourth-order valence-electron chi connectivity index (χ4n) is 3.16. The second-order valence-corrected chi connectivity index (χ2v) is 7.53. The van der Waals surface area contributed by atoms with Crippen LogP contribution < -0.4 is 15.5 Å². The molecule has 132 valence electrons. The van der Waals surface area contributed by atoms with Crippen molar-refractivity contribution in [3.8, 4) is 0 Å². The first-order valence-electron chi connectivity index (χ1n) is 8.39. The van der Waals surface area contributed by atoms with Crippen LogP contribution in [-0.2, 0) is 4.79 Å². The molecule has 1 aromatic carbocycles. The third-order valence-corrected chi connectivity index (χ3v) is 5.63. The highest BCUT2D eigenvalue weighted by molar-refractivity contribution is 7.99. The first-order chi connectivity index (χ1) is 11.5. The van der Waals surface area contributed by atoms with Crippen LogP contribution in [0.25, 0.3) is 0 Å². The van der Waals surface area contributed by atoms with Gasteiger partial charge in [0.05, 0.1) is 12.1 Å². The number of benzene rings is 1. The van der Waals surface area contributed by atoms with E-state index in [0.717, 1.165) is 49.1 Å². The van der Waals surface area contributed by atoms with Crippen LogP contribution in [0.5, 0.6) is 0 Å². The summed E-state index contributed by atoms with van der Waals surface area (Å²) < 4.78 is 13.8. The van der Waals surface area contributed by atoms with Gasteiger partial charge in [-0.25, -0.2) is 4.39 Å². The topological polar surface area (TPSA) is 47.6 Å². The number of amides is 1. The molecule has 5 nitrogen and oxygen atoms in total. The molecule has 0 spiro atoms. The average Bonchev–Trinajstić information content (AvgIpc) is 3.10. The molecule has 1 amide bonds. The Morgan fingerprint density at radius 2 is 2.12 bits per heavy atom. The molecule has 0 radical (unpaired) electrons. The number of hydrogen-bond donors (Lipinski definition) is 2. The lowest BCUT2D eigenvalue weighted by molar-refractivity contribution is -0.123. The second kappa shape index (κ2) is 7.72. The van der Waals surface area contributed by atoms with Crippen molar-refractivity contribution in [1.29, 1.82) is 0 Å². The fourth-order valence-corrected chi connectivity index (χ4v) is 4.10. The SMILES string of the molecule is CC(NC(=O)C1CSCN1)c1cc(F)ccc1N1CCN(C)CC1. The van der Waals surface area contributed by atoms with Gasteiger partial charge in [-0.2, -0.15) is 0 Å². The zero-order valence-electron chi connectivity index (χ0n) is 14.2. The van der Waals surface area contributed by atoms with Gasteiger partial charge in [-0.05, 0) is 32.2 Å². The molecule has 2 heterocycles. The number of nitrogens with zero attached hydrogens (tertiary/aromatic N) is 2. The summed E-state index contributed by atoms with van der Waals surface area (Å²) in [5.41, 5.74) is 1.87. The van der Waals surface area contributed by atoms with Crippen molar-refractivity contribution in [3.05, 3.63) is 29.6 Å². The van der Waals surface area contributed by atoms with Gasteiger partial charge in [0.15, 0.2) is 0 Å². The van der Waals surface area contributed by atoms with Crippen LogP contribution in [0.2, 0.25) is 0 Å². The Morgan fingerprint density at radius 1 is 1.38 bits per heavy atom. The molecular weight excluding hydrogens is 327 g/mol. The van der Waals surface area contributed by atoms with Crippen LogP contribution in [0.15, 0.2) is 18.2 Å². The molecule has 2 N–H and O–H groups in total. The van der Waals surface area contributed by atoms with E-state index in [1.165, 1.54) is 6.07 Å². The van der Waals surface area contributed by atoms with E-state index in [2.05, 4.69) is 27.5 Å². The minimum Gasteiger partial charge on any atom is -0.369 e. The van der Waals surface area contributed by atoms with Crippen LogP contribution in [0.4, 0.5) is 10.1 Å². The molecule has 0 saturated carbocycles. The molecule has 1 aromatic rings. The maximum atomic E-state index is 13.8. The molecule has 7 heteroatoms. The largest absolute Gasteiger partial charge is 0.369 e. The first-order valence-corrected chi connectivity index (χ1v) is 9.54. The van der Waals surface area contributed by atoms with Gasteiger partial charge in [-0.3, -0.25) is 10.1 Å². The number of nitrogens with one attached hydrogen (secondary N) is 2. The van der Waals surface area contributed by atoms with Gasteiger partial charge in [0.2, 0.25) is 5.91 Å². The number of carbonyl (C=O) groups excluding carboxylic acids is 1. The molecule has 0 aromatic heterocycles. The van der Waals surface area contributed by atoms with E-state index in [0.29, 0.717) is 0 Å². The van der Waals surface area contributed by atoms with Crippen molar-refractivity contribution in [2.24, 2.45) is 0 Å². The number of thioether (sulfide) groups is 1. The number of rotatable bonds is 4. The number of likely N-dealkylation sites (N-methyl/N-ethyl adjacent to an activating group) is 1. The number of anilines is 1. The van der Waals surface area contributed by atoms with E-state index >= 15 is 0 Å². The zero-order chi connectivity index (χ0) is 17.1. The van der Waals surface area contributed by atoms with Crippen LogP contribution in [-0.4, -0.2) is 61.7 Å². The highest BCUT2D eigenvalue weighted by Gasteiger charge is 2.26. The highest BCUT2D eigenvalue weighted by atomic mass is 32.2. The van der Waals surface area contributed by atoms with Crippen molar-refractivity contribution in [2.45, 2.75) is 19.0 Å². The van der Waals surface area contributed by atoms with E-state index in [1.54, 1.807) is 17.8 Å². The number of halogens is 1. The molecule has 0 aliphatic carbocycles. The molecule has 2 fully saturated rings. The van der Waals surface area contributed by atoms with Crippen molar-refractivity contribution < 1.29 is 9.18 Å². The number of carbonyl (C=O) groups is 1. The number of hydrogen-bond acceptors (Lipinski definition) is 5. The van der Waals surface area contributed by atoms with Crippen molar-refractivity contribution >= 4 is 23.4 Å². The summed E-state index contributed by atoms with van der Waals surface area (Å²) in [6.45, 7) is 5.73. The van der Waals surface area contributed by atoms with E-state index in [-0.39, 0.29) is 23.8 Å². The maximum absolute atomic E-state index is 13.8. The van der Waals surface area contributed by atoms with E-state index in [4.69, 9.17) is 0 Å². The summed E-state index contributed by atoms with van der Waals surface area (Å²) in [7, 11) is 2.11. The molecule has 2 aliphatic rings. The van der Waals surface area contributed by atoms with Crippen LogP contribution in [0.3, 0.4) is 0 Å². The monoisotopic (exact) mass is 352 g/mol. The molecule has 2 unspecified atom stereocenters. The predicted molar refractivity (Wildman–Crippen MR) is 96.9 cm³/mol. The molecule has 2 atom stereocenters. The normalized spacial score (nSPS) is 23.3. The molecule has 2 saturated heterocycles. The van der Waals surface area contributed by atoms with Crippen LogP contribution >= 0.6 is 11.8 Å². The minimum atomic E-state index is -0.265. The van der Waals surface area contributed by atoms with E-state index in [1.807, 2.05) is 13.0 Å². The average molecular weight is 352 g/mol. The Bertz CT molecular complexity index is 586. The Hall–Kier alpha value is -1.31. The predicted octanol–water partition coefficient (Wildman–Crippen LogP) is 1.42. The van der Waals surface area contributed by atoms with Crippen LogP contribution in [0, 0.1) is 5.82 Å². The van der Waals surface area contributed by atoms with Crippen molar-refractivity contribution in [3.63, 3.8) is 0 Å². The molecule has 24 heavy (non-hydrogen) atoms. The standard InChI is InChI=1S/C17H25FN4OS/c1-12(20-17(23)15-10-24-11-19-15)14-9-13(18)3-4-16(14)22-7-5-21(2)6-8-22/h3-4,9,12,15,19H,5-8,10-11H2,1-2H3,(H,20,23). The van der Waals surface area contributed by atoms with Gasteiger partial charge in [-0.1, -0.05) is 0 Å². The lowest BCUT2D eigenvalue weighted by Crippen LogP contribution is -2.46. The lowest BCUT2D eigenvalue weighted by Gasteiger charge is -2.36. The Labute approximate surface area is 147 Å². The lowest BCUT2D eigenvalue weighted by atomic mass is 10.0. The van der Waals surface area contributed by atoms with Gasteiger partial charge < -0.3 is 15.1 Å². The fraction of sp³-hybridized carbons (Fsp3) is 0.588. The van der Waals surface area contributed by atoms with Gasteiger partial charge >= 0.3 is 0 Å². The highest BCUT2D eigenvalue weighted by Crippen LogP contribution is 2.28. The minimum absolute atomic E-state index is 0.0129. The molecule has 0 bridgehead atoms. The van der Waals surface area contributed by atoms with Gasteiger partial charge in [0.1, 0.15) is 5.82 Å². The summed E-state index contributed by atoms with van der Waals surface area (Å²) in [6.07, 6.45) is 0. The Morgan fingerprint density at radius 3 is 2.79 bits per heavy atom. The smallest absolute Gasteiger partial charge is 0.238 e. The molecule has 3 rings (SSSR count). The Kier molecular flexibility index (Phi) is 5.63. The summed E-state index contributed by atoms with van der Waals surface area (Å²) in [4.78, 5) is 16.9. The second-order valence-electron chi connectivity index (χ2n) is 6.50. The summed E-state index contributed by atoms with van der Waals surface area (Å²) in [6, 6.07) is 4.51. The number of piperazine rings is 1. The molecule has 2 aliphatic heterocycles. The third kappa shape index (κ3) is 4.02. The van der Waals surface area contributed by atoms with E-state index in [9.17, 15) is 9.18 Å². The van der Waals surface area contributed by atoms with Crippen LogP contribution in [0.1, 0.15) is 18.5 Å². The summed E-state index contributed by atoms with van der Waals surface area (Å²) in [5.74, 6) is 1.31. The summed E-state index contributed by atoms with van der Waals surface area (Å²) in [5, 5.41) is 6.20. The quantitative estimate of drug-likeness (QED) is 0.858. The van der Waals surface area contributed by atoms with Crippen molar-refractivity contribution in [2.75, 3.05) is 49.8 Å². The maximum Gasteiger partial charge on any atom is 0.238 e. The van der Waals surface area contributed by atoms with Gasteiger partial charge in [0.25, 0.3) is 0 Å². The van der Waals surface area contributed by atoms with Crippen molar-refractivity contribution in [1.82, 2.24) is 15.5 Å². The van der Waals surface area contributed by atoms with Gasteiger partial charge in [-0.15, -0.1) is 11.8 Å². The first kappa shape index (κ1) is 17.5. The summed E-state index contributed by atoms with van der Waals surface area (Å²) >= 11 is 1.72. The molecular formula is C17H25FN4OS. The van der Waals surface area contributed by atoms with Gasteiger partial charge in [0, 0.05) is 49.1 Å².